The lowest BCUT2D eigenvalue weighted by atomic mass is 9.67. The molecule has 1 aliphatic heterocycles. The second-order valence-electron chi connectivity index (χ2n) is 15.1. The first-order valence-corrected chi connectivity index (χ1v) is 20.3. The van der Waals surface area contributed by atoms with Crippen LogP contribution in [0.1, 0.15) is 33.4 Å². The van der Waals surface area contributed by atoms with Crippen LogP contribution < -0.4 is 0 Å². The van der Waals surface area contributed by atoms with E-state index in [2.05, 4.69) is 170 Å². The Morgan fingerprint density at radius 3 is 1.84 bits per heavy atom. The zero-order chi connectivity index (χ0) is 37.5. The summed E-state index contributed by atoms with van der Waals surface area (Å²) in [4.78, 5) is 18.0. The lowest BCUT2D eigenvalue weighted by molar-refractivity contribution is 0.723. The van der Waals surface area contributed by atoms with Crippen LogP contribution in [-0.4, -0.2) is 15.0 Å². The van der Waals surface area contributed by atoms with Crippen LogP contribution in [0.3, 0.4) is 0 Å². The summed E-state index contributed by atoms with van der Waals surface area (Å²) in [6.45, 7) is 0. The SMILES string of the molecule is C1=Cc2cc(-c3nc(-c4ccccc4)nc(-c4cccc(-c5ccc6c(c5)C5(c7ccccc7S6)c6ccccc6-c6ccccc65)c4)n3)cc3cccc(c23)C1. The highest BCUT2D eigenvalue weighted by molar-refractivity contribution is 7.99. The Morgan fingerprint density at radius 2 is 1.04 bits per heavy atom. The van der Waals surface area contributed by atoms with Crippen LogP contribution in [0.25, 0.3) is 73.3 Å². The van der Waals surface area contributed by atoms with E-state index in [1.807, 2.05) is 30.0 Å². The topological polar surface area (TPSA) is 38.7 Å². The molecule has 266 valence electrons. The molecular formula is C53H33N3S. The molecule has 1 spiro atoms. The third kappa shape index (κ3) is 4.90. The average Bonchev–Trinajstić information content (AvgIpc) is 3.57. The molecule has 57 heavy (non-hydrogen) atoms. The largest absolute Gasteiger partial charge is 0.208 e. The first-order valence-electron chi connectivity index (χ1n) is 19.5. The van der Waals surface area contributed by atoms with Crippen LogP contribution in [0.4, 0.5) is 0 Å². The summed E-state index contributed by atoms with van der Waals surface area (Å²) in [7, 11) is 0. The van der Waals surface area contributed by atoms with Crippen molar-refractivity contribution in [3.05, 3.63) is 215 Å². The van der Waals surface area contributed by atoms with E-state index in [1.54, 1.807) is 0 Å². The summed E-state index contributed by atoms with van der Waals surface area (Å²) in [6.07, 6.45) is 5.42. The fraction of sp³-hybridized carbons (Fsp3) is 0.0377. The summed E-state index contributed by atoms with van der Waals surface area (Å²) >= 11 is 1.87. The van der Waals surface area contributed by atoms with Gasteiger partial charge in [-0.05, 0) is 109 Å². The van der Waals surface area contributed by atoms with Crippen LogP contribution >= 0.6 is 11.8 Å². The predicted molar refractivity (Wildman–Crippen MR) is 233 cm³/mol. The van der Waals surface area contributed by atoms with E-state index in [0.717, 1.165) is 34.2 Å². The van der Waals surface area contributed by atoms with Crippen molar-refractivity contribution in [3.8, 4) is 56.4 Å². The van der Waals surface area contributed by atoms with Crippen molar-refractivity contribution in [2.24, 2.45) is 0 Å². The molecule has 3 aliphatic rings. The minimum absolute atomic E-state index is 0.430. The molecule has 0 fully saturated rings. The Bertz CT molecular complexity index is 3100. The van der Waals surface area contributed by atoms with Gasteiger partial charge in [-0.15, -0.1) is 0 Å². The highest BCUT2D eigenvalue weighted by Gasteiger charge is 2.50. The summed E-state index contributed by atoms with van der Waals surface area (Å²) in [6, 6.07) is 63.9. The van der Waals surface area contributed by atoms with Crippen molar-refractivity contribution < 1.29 is 0 Å². The standard InChI is InChI=1S/C53H33N3S/c1-2-13-34(14-3-1)50-54-51(56-52(55-50)40-30-37-18-10-15-33-16-11-19-38(31-40)49(33)37)39-20-12-17-35(29-39)36-27-28-48-46(32-36)53(45-25-8-9-26-47(45)57-48)43-23-6-4-21-41(43)42-22-5-7-24-44(42)53/h1-15,17-32H,16H2. The number of allylic oxidation sites excluding steroid dienone is 1. The number of hydrogen-bond donors (Lipinski definition) is 0. The van der Waals surface area contributed by atoms with Crippen molar-refractivity contribution in [2.75, 3.05) is 0 Å². The van der Waals surface area contributed by atoms with Gasteiger partial charge in [0.25, 0.3) is 0 Å². The molecule has 1 aromatic heterocycles. The third-order valence-corrected chi connectivity index (χ3v) is 13.1. The Morgan fingerprint density at radius 1 is 0.421 bits per heavy atom. The van der Waals surface area contributed by atoms with Gasteiger partial charge in [-0.1, -0.05) is 163 Å². The lowest BCUT2D eigenvalue weighted by Gasteiger charge is -2.40. The highest BCUT2D eigenvalue weighted by atomic mass is 32.2. The van der Waals surface area contributed by atoms with Crippen LogP contribution in [0.2, 0.25) is 0 Å². The van der Waals surface area contributed by atoms with E-state index in [0.29, 0.717) is 17.5 Å². The number of hydrogen-bond acceptors (Lipinski definition) is 4. The van der Waals surface area contributed by atoms with Gasteiger partial charge in [0.2, 0.25) is 0 Å². The van der Waals surface area contributed by atoms with Gasteiger partial charge in [0.1, 0.15) is 0 Å². The highest BCUT2D eigenvalue weighted by Crippen LogP contribution is 2.62. The van der Waals surface area contributed by atoms with Crippen LogP contribution in [0.5, 0.6) is 0 Å². The van der Waals surface area contributed by atoms with Crippen molar-refractivity contribution in [3.63, 3.8) is 0 Å². The molecule has 3 nitrogen and oxygen atoms in total. The van der Waals surface area contributed by atoms with Gasteiger partial charge >= 0.3 is 0 Å². The maximum atomic E-state index is 5.21. The van der Waals surface area contributed by atoms with E-state index in [4.69, 9.17) is 15.0 Å². The third-order valence-electron chi connectivity index (χ3n) is 12.0. The monoisotopic (exact) mass is 743 g/mol. The van der Waals surface area contributed by atoms with E-state index in [9.17, 15) is 0 Å². The van der Waals surface area contributed by atoms with Gasteiger partial charge in [-0.2, -0.15) is 0 Å². The molecule has 4 heteroatoms. The second-order valence-corrected chi connectivity index (χ2v) is 16.2. The summed E-state index contributed by atoms with van der Waals surface area (Å²) in [5.41, 5.74) is 15.2. The molecule has 0 amide bonds. The van der Waals surface area contributed by atoms with Crippen molar-refractivity contribution in [1.29, 1.82) is 0 Å². The maximum absolute atomic E-state index is 5.21. The molecule has 0 saturated heterocycles. The van der Waals surface area contributed by atoms with Crippen molar-refractivity contribution in [1.82, 2.24) is 15.0 Å². The summed E-state index contributed by atoms with van der Waals surface area (Å²) in [5.74, 6) is 1.97. The first kappa shape index (κ1) is 32.4. The molecule has 8 aromatic carbocycles. The molecule has 9 aromatic rings. The predicted octanol–water partition coefficient (Wildman–Crippen LogP) is 13.1. The molecule has 12 rings (SSSR count). The number of fused-ring (bicyclic) bond motifs is 9. The van der Waals surface area contributed by atoms with Crippen molar-refractivity contribution >= 4 is 28.6 Å². The molecule has 0 atom stereocenters. The fourth-order valence-electron chi connectivity index (χ4n) is 9.51. The van der Waals surface area contributed by atoms with Gasteiger partial charge < -0.3 is 0 Å². The Kier molecular flexibility index (Phi) is 7.14. The molecule has 0 saturated carbocycles. The number of benzene rings is 8. The van der Waals surface area contributed by atoms with Gasteiger partial charge in [0.15, 0.2) is 17.5 Å². The molecule has 2 heterocycles. The van der Waals surface area contributed by atoms with Crippen LogP contribution in [-0.2, 0) is 11.8 Å². The Hall–Kier alpha value is -6.88. The fourth-order valence-corrected chi connectivity index (χ4v) is 10.7. The molecule has 2 aliphatic carbocycles. The molecular weight excluding hydrogens is 711 g/mol. The minimum atomic E-state index is -0.430. The molecule has 0 radical (unpaired) electrons. The Balaban J connectivity index is 1.03. The Labute approximate surface area is 335 Å². The first-order chi connectivity index (χ1) is 28.2. The van der Waals surface area contributed by atoms with E-state index >= 15 is 0 Å². The van der Waals surface area contributed by atoms with Crippen LogP contribution in [0.15, 0.2) is 192 Å². The molecule has 0 N–H and O–H groups in total. The van der Waals surface area contributed by atoms with Gasteiger partial charge in [-0.3, -0.25) is 0 Å². The van der Waals surface area contributed by atoms with E-state index in [1.165, 1.54) is 65.1 Å². The normalized spacial score (nSPS) is 13.9. The second kappa shape index (κ2) is 12.6. The van der Waals surface area contributed by atoms with Gasteiger partial charge in [-0.25, -0.2) is 15.0 Å². The molecule has 0 unspecified atom stereocenters. The number of aromatic nitrogens is 3. The zero-order valence-electron chi connectivity index (χ0n) is 30.9. The van der Waals surface area contributed by atoms with Crippen LogP contribution in [0, 0.1) is 0 Å². The van der Waals surface area contributed by atoms with Gasteiger partial charge in [0, 0.05) is 26.5 Å². The summed E-state index contributed by atoms with van der Waals surface area (Å²) < 4.78 is 0. The smallest absolute Gasteiger partial charge is 0.164 e. The van der Waals surface area contributed by atoms with E-state index < -0.39 is 5.41 Å². The average molecular weight is 744 g/mol. The van der Waals surface area contributed by atoms with Crippen molar-refractivity contribution in [2.45, 2.75) is 21.6 Å². The zero-order valence-corrected chi connectivity index (χ0v) is 31.7. The minimum Gasteiger partial charge on any atom is -0.208 e. The van der Waals surface area contributed by atoms with Gasteiger partial charge in [0.05, 0.1) is 5.41 Å². The maximum Gasteiger partial charge on any atom is 0.164 e. The number of nitrogens with zero attached hydrogens (tertiary/aromatic N) is 3. The molecule has 0 bridgehead atoms. The lowest BCUT2D eigenvalue weighted by Crippen LogP contribution is -2.32. The summed E-state index contributed by atoms with van der Waals surface area (Å²) in [5, 5.41) is 2.51. The van der Waals surface area contributed by atoms with E-state index in [-0.39, 0.29) is 0 Å². The number of rotatable bonds is 4. The quantitative estimate of drug-likeness (QED) is 0.180.